The van der Waals surface area contributed by atoms with Crippen LogP contribution in [0.5, 0.6) is 11.5 Å². The van der Waals surface area contributed by atoms with Gasteiger partial charge in [0, 0.05) is 15.3 Å². The lowest BCUT2D eigenvalue weighted by Crippen LogP contribution is -2.14. The monoisotopic (exact) mass is 433 g/mol. The predicted molar refractivity (Wildman–Crippen MR) is 94.3 cm³/mol. The molecule has 0 unspecified atom stereocenters. The van der Waals surface area contributed by atoms with Crippen molar-refractivity contribution in [2.75, 3.05) is 18.9 Å². The SMILES string of the molecule is COc1cc(C)c(S(=O)(=O)Nc2cccc(I)c2)cc1OC. The van der Waals surface area contributed by atoms with Gasteiger partial charge in [0.2, 0.25) is 0 Å². The number of halogens is 1. The number of methoxy groups -OCH3 is 2. The first-order valence-electron chi connectivity index (χ1n) is 6.38. The predicted octanol–water partition coefficient (Wildman–Crippen LogP) is 3.42. The molecule has 0 amide bonds. The summed E-state index contributed by atoms with van der Waals surface area (Å²) in [5, 5.41) is 0. The molecule has 0 bridgehead atoms. The Kier molecular flexibility index (Phi) is 5.17. The first-order chi connectivity index (χ1) is 10.4. The van der Waals surface area contributed by atoms with Crippen LogP contribution in [0.4, 0.5) is 5.69 Å². The molecule has 0 aliphatic carbocycles. The minimum absolute atomic E-state index is 0.156. The zero-order chi connectivity index (χ0) is 16.3. The third-order valence-corrected chi connectivity index (χ3v) is 5.24. The van der Waals surface area contributed by atoms with E-state index in [0.29, 0.717) is 22.7 Å². The summed E-state index contributed by atoms with van der Waals surface area (Å²) >= 11 is 2.13. The van der Waals surface area contributed by atoms with E-state index in [4.69, 9.17) is 9.47 Å². The van der Waals surface area contributed by atoms with Gasteiger partial charge in [-0.15, -0.1) is 0 Å². The maximum Gasteiger partial charge on any atom is 0.262 e. The highest BCUT2D eigenvalue weighted by Crippen LogP contribution is 2.33. The molecule has 0 aromatic heterocycles. The van der Waals surface area contributed by atoms with Crippen molar-refractivity contribution in [1.82, 2.24) is 0 Å². The van der Waals surface area contributed by atoms with E-state index in [1.54, 1.807) is 31.2 Å². The number of anilines is 1. The Bertz CT molecular complexity index is 790. The molecule has 0 atom stereocenters. The Hall–Kier alpha value is -1.48. The summed E-state index contributed by atoms with van der Waals surface area (Å²) < 4.78 is 39.1. The lowest BCUT2D eigenvalue weighted by Gasteiger charge is -2.14. The van der Waals surface area contributed by atoms with Crippen molar-refractivity contribution in [3.8, 4) is 11.5 Å². The molecule has 0 fully saturated rings. The van der Waals surface area contributed by atoms with Gasteiger partial charge in [0.25, 0.3) is 10.0 Å². The number of hydrogen-bond donors (Lipinski definition) is 1. The zero-order valence-corrected chi connectivity index (χ0v) is 15.4. The van der Waals surface area contributed by atoms with Crippen molar-refractivity contribution in [1.29, 1.82) is 0 Å². The fraction of sp³-hybridized carbons (Fsp3) is 0.200. The molecule has 2 rings (SSSR count). The average Bonchev–Trinajstić information content (AvgIpc) is 2.46. The number of nitrogens with one attached hydrogen (secondary N) is 1. The van der Waals surface area contributed by atoms with E-state index < -0.39 is 10.0 Å². The van der Waals surface area contributed by atoms with Gasteiger partial charge in [-0.1, -0.05) is 6.07 Å². The van der Waals surface area contributed by atoms with Crippen molar-refractivity contribution in [2.24, 2.45) is 0 Å². The van der Waals surface area contributed by atoms with Gasteiger partial charge in [0.05, 0.1) is 19.1 Å². The standard InChI is InChI=1S/C15H16INO4S/c1-10-7-13(20-2)14(21-3)9-15(10)22(18,19)17-12-6-4-5-11(16)8-12/h4-9,17H,1-3H3. The van der Waals surface area contributed by atoms with Crippen LogP contribution in [0.15, 0.2) is 41.3 Å². The Balaban J connectivity index is 2.45. The summed E-state index contributed by atoms with van der Waals surface area (Å²) in [5.41, 5.74) is 1.09. The summed E-state index contributed by atoms with van der Waals surface area (Å²) in [4.78, 5) is 0.156. The molecule has 0 saturated carbocycles. The van der Waals surface area contributed by atoms with Crippen molar-refractivity contribution >= 4 is 38.3 Å². The van der Waals surface area contributed by atoms with E-state index in [0.717, 1.165) is 3.57 Å². The smallest absolute Gasteiger partial charge is 0.262 e. The van der Waals surface area contributed by atoms with Crippen LogP contribution in [-0.2, 0) is 10.0 Å². The maximum atomic E-state index is 12.6. The van der Waals surface area contributed by atoms with E-state index >= 15 is 0 Å². The first-order valence-corrected chi connectivity index (χ1v) is 8.94. The first kappa shape index (κ1) is 16.9. The summed E-state index contributed by atoms with van der Waals surface area (Å²) in [6.07, 6.45) is 0. The van der Waals surface area contributed by atoms with Gasteiger partial charge in [-0.25, -0.2) is 8.42 Å². The van der Waals surface area contributed by atoms with E-state index in [-0.39, 0.29) is 4.90 Å². The number of benzene rings is 2. The van der Waals surface area contributed by atoms with Gasteiger partial charge in [0.1, 0.15) is 0 Å². The van der Waals surface area contributed by atoms with Crippen LogP contribution in [0, 0.1) is 10.5 Å². The molecule has 0 radical (unpaired) electrons. The number of sulfonamides is 1. The molecule has 22 heavy (non-hydrogen) atoms. The van der Waals surface area contributed by atoms with Gasteiger partial charge >= 0.3 is 0 Å². The second-order valence-corrected chi connectivity index (χ2v) is 7.48. The summed E-state index contributed by atoms with van der Waals surface area (Å²) in [6.45, 7) is 1.71. The highest BCUT2D eigenvalue weighted by molar-refractivity contribution is 14.1. The van der Waals surface area contributed by atoms with E-state index in [9.17, 15) is 8.42 Å². The van der Waals surface area contributed by atoms with Crippen molar-refractivity contribution in [3.05, 3.63) is 45.5 Å². The second-order valence-electron chi connectivity index (χ2n) is 4.59. The van der Waals surface area contributed by atoms with Gasteiger partial charge in [-0.3, -0.25) is 4.72 Å². The maximum absolute atomic E-state index is 12.6. The third-order valence-electron chi connectivity index (χ3n) is 3.05. The van der Waals surface area contributed by atoms with Crippen molar-refractivity contribution in [3.63, 3.8) is 0 Å². The molecular formula is C15H16INO4S. The van der Waals surface area contributed by atoms with Crippen LogP contribution in [0.3, 0.4) is 0 Å². The van der Waals surface area contributed by atoms with E-state index in [1.807, 2.05) is 6.07 Å². The van der Waals surface area contributed by atoms with Crippen LogP contribution >= 0.6 is 22.6 Å². The molecule has 0 aliphatic heterocycles. The minimum atomic E-state index is -3.71. The Morgan fingerprint density at radius 2 is 1.68 bits per heavy atom. The number of aryl methyl sites for hydroxylation is 1. The molecular weight excluding hydrogens is 417 g/mol. The molecule has 0 spiro atoms. The average molecular weight is 433 g/mol. The van der Waals surface area contributed by atoms with Crippen LogP contribution in [0.1, 0.15) is 5.56 Å². The minimum Gasteiger partial charge on any atom is -0.493 e. The van der Waals surface area contributed by atoms with Crippen LogP contribution < -0.4 is 14.2 Å². The topological polar surface area (TPSA) is 64.6 Å². The van der Waals surface area contributed by atoms with E-state index in [2.05, 4.69) is 27.3 Å². The molecule has 2 aromatic carbocycles. The molecule has 5 nitrogen and oxygen atoms in total. The molecule has 118 valence electrons. The lowest BCUT2D eigenvalue weighted by atomic mass is 10.2. The quantitative estimate of drug-likeness (QED) is 0.735. The third kappa shape index (κ3) is 3.64. The molecule has 0 heterocycles. The Morgan fingerprint density at radius 3 is 2.27 bits per heavy atom. The lowest BCUT2D eigenvalue weighted by molar-refractivity contribution is 0.353. The molecule has 0 saturated heterocycles. The normalized spacial score (nSPS) is 11.1. The summed E-state index contributed by atoms with van der Waals surface area (Å²) in [7, 11) is -0.729. The van der Waals surface area contributed by atoms with Crippen LogP contribution in [0.25, 0.3) is 0 Å². The number of rotatable bonds is 5. The Morgan fingerprint density at radius 1 is 1.05 bits per heavy atom. The number of ether oxygens (including phenoxy) is 2. The van der Waals surface area contributed by atoms with Gasteiger partial charge in [0.15, 0.2) is 11.5 Å². The summed E-state index contributed by atoms with van der Waals surface area (Å²) in [5.74, 6) is 0.865. The Labute approximate surface area is 143 Å². The van der Waals surface area contributed by atoms with Crippen molar-refractivity contribution < 1.29 is 17.9 Å². The van der Waals surface area contributed by atoms with Crippen LogP contribution in [0.2, 0.25) is 0 Å². The highest BCUT2D eigenvalue weighted by Gasteiger charge is 2.20. The van der Waals surface area contributed by atoms with Gasteiger partial charge in [-0.2, -0.15) is 0 Å². The molecule has 0 aliphatic rings. The second kappa shape index (κ2) is 6.74. The number of hydrogen-bond acceptors (Lipinski definition) is 4. The van der Waals surface area contributed by atoms with Gasteiger partial charge < -0.3 is 9.47 Å². The zero-order valence-electron chi connectivity index (χ0n) is 12.4. The van der Waals surface area contributed by atoms with Crippen LogP contribution in [-0.4, -0.2) is 22.6 Å². The largest absolute Gasteiger partial charge is 0.493 e. The molecule has 7 heteroatoms. The van der Waals surface area contributed by atoms with Crippen molar-refractivity contribution in [2.45, 2.75) is 11.8 Å². The molecule has 1 N–H and O–H groups in total. The van der Waals surface area contributed by atoms with Gasteiger partial charge in [-0.05, 0) is 59.3 Å². The van der Waals surface area contributed by atoms with E-state index in [1.165, 1.54) is 20.3 Å². The summed E-state index contributed by atoms with van der Waals surface area (Å²) in [6, 6.07) is 10.2. The fourth-order valence-electron chi connectivity index (χ4n) is 2.01. The fourth-order valence-corrected chi connectivity index (χ4v) is 3.85. The molecule has 2 aromatic rings. The highest BCUT2D eigenvalue weighted by atomic mass is 127.